The van der Waals surface area contributed by atoms with Crippen LogP contribution in [0.4, 0.5) is 4.39 Å². The highest BCUT2D eigenvalue weighted by Crippen LogP contribution is 2.14. The van der Waals surface area contributed by atoms with E-state index >= 15 is 0 Å². The lowest BCUT2D eigenvalue weighted by molar-refractivity contribution is 0.0951. The van der Waals surface area contributed by atoms with Gasteiger partial charge in [-0.2, -0.15) is 11.8 Å². The quantitative estimate of drug-likeness (QED) is 0.698. The fraction of sp³-hybridized carbons (Fsp3) is 0.167. The van der Waals surface area contributed by atoms with Gasteiger partial charge in [0, 0.05) is 18.1 Å². The molecule has 0 unspecified atom stereocenters. The maximum absolute atomic E-state index is 13.5. The molecule has 0 aliphatic rings. The third-order valence-corrected chi connectivity index (χ3v) is 4.44. The average molecular weight is 341 g/mol. The van der Waals surface area contributed by atoms with Gasteiger partial charge < -0.3 is 5.32 Å². The number of benzene rings is 2. The number of carbonyl (C=O) groups excluding carboxylic acids is 1. The van der Waals surface area contributed by atoms with E-state index in [2.05, 4.69) is 15.3 Å². The molecule has 0 aliphatic heterocycles. The summed E-state index contributed by atoms with van der Waals surface area (Å²) in [6.45, 7) is 0.493. The molecule has 0 aliphatic carbocycles. The van der Waals surface area contributed by atoms with Gasteiger partial charge in [-0.05, 0) is 23.8 Å². The zero-order valence-corrected chi connectivity index (χ0v) is 13.7. The van der Waals surface area contributed by atoms with Crippen molar-refractivity contribution in [1.29, 1.82) is 0 Å². The van der Waals surface area contributed by atoms with Gasteiger partial charge in [0.25, 0.3) is 5.91 Å². The Morgan fingerprint density at radius 1 is 1.08 bits per heavy atom. The maximum Gasteiger partial charge on any atom is 0.271 e. The molecule has 1 heterocycles. The van der Waals surface area contributed by atoms with E-state index in [1.807, 2.05) is 30.3 Å². The van der Waals surface area contributed by atoms with E-state index < -0.39 is 0 Å². The Balaban J connectivity index is 1.47. The Morgan fingerprint density at radius 3 is 2.67 bits per heavy atom. The first-order valence-electron chi connectivity index (χ1n) is 7.55. The molecule has 4 nitrogen and oxygen atoms in total. The van der Waals surface area contributed by atoms with Crippen molar-refractivity contribution >= 4 is 28.7 Å². The van der Waals surface area contributed by atoms with Crippen molar-refractivity contribution in [1.82, 2.24) is 15.3 Å². The minimum atomic E-state index is -0.250. The highest BCUT2D eigenvalue weighted by atomic mass is 32.2. The number of nitrogens with zero attached hydrogens (tertiary/aromatic N) is 2. The van der Waals surface area contributed by atoms with E-state index in [9.17, 15) is 9.18 Å². The summed E-state index contributed by atoms with van der Waals surface area (Å²) in [5.74, 6) is 0.833. The van der Waals surface area contributed by atoms with Crippen molar-refractivity contribution < 1.29 is 9.18 Å². The summed E-state index contributed by atoms with van der Waals surface area (Å²) in [6, 6.07) is 14.1. The normalized spacial score (nSPS) is 10.7. The van der Waals surface area contributed by atoms with Gasteiger partial charge in [-0.15, -0.1) is 0 Å². The Bertz CT molecular complexity index is 856. The standard InChI is InChI=1S/C18H16FN3OS/c19-14-6-2-1-5-13(14)12-24-10-9-20-18(23)17-11-21-15-7-3-4-8-16(15)22-17/h1-8,11H,9-10,12H2,(H,20,23). The fourth-order valence-electron chi connectivity index (χ4n) is 2.19. The molecule has 2 aromatic carbocycles. The van der Waals surface area contributed by atoms with Crippen LogP contribution in [0.1, 0.15) is 16.1 Å². The second kappa shape index (κ2) is 7.88. The zero-order valence-electron chi connectivity index (χ0n) is 12.9. The Labute approximate surface area is 143 Å². The van der Waals surface area contributed by atoms with Crippen LogP contribution in [0.25, 0.3) is 11.0 Å². The van der Waals surface area contributed by atoms with Crippen molar-refractivity contribution in [2.75, 3.05) is 12.3 Å². The second-order valence-electron chi connectivity index (χ2n) is 5.14. The molecule has 0 saturated carbocycles. The van der Waals surface area contributed by atoms with Crippen molar-refractivity contribution in [3.8, 4) is 0 Å². The lowest BCUT2D eigenvalue weighted by Crippen LogP contribution is -2.26. The molecule has 0 bridgehead atoms. The van der Waals surface area contributed by atoms with E-state index in [-0.39, 0.29) is 11.7 Å². The average Bonchev–Trinajstić information content (AvgIpc) is 2.62. The third kappa shape index (κ3) is 4.08. The van der Waals surface area contributed by atoms with Gasteiger partial charge in [-0.1, -0.05) is 30.3 Å². The summed E-state index contributed by atoms with van der Waals surface area (Å²) < 4.78 is 13.5. The molecule has 3 aromatic rings. The van der Waals surface area contributed by atoms with Crippen molar-refractivity contribution in [2.45, 2.75) is 5.75 Å². The van der Waals surface area contributed by atoms with Crippen molar-refractivity contribution in [3.05, 3.63) is 71.8 Å². The van der Waals surface area contributed by atoms with Crippen LogP contribution in [-0.2, 0) is 5.75 Å². The van der Waals surface area contributed by atoms with E-state index in [1.54, 1.807) is 23.9 Å². The lowest BCUT2D eigenvalue weighted by Gasteiger charge is -2.06. The topological polar surface area (TPSA) is 54.9 Å². The minimum Gasteiger partial charge on any atom is -0.350 e. The fourth-order valence-corrected chi connectivity index (χ4v) is 3.04. The molecule has 1 N–H and O–H groups in total. The van der Waals surface area contributed by atoms with Gasteiger partial charge in [-0.25, -0.2) is 9.37 Å². The molecule has 1 aromatic heterocycles. The highest BCUT2D eigenvalue weighted by Gasteiger charge is 2.08. The first-order chi connectivity index (χ1) is 11.7. The molecular formula is C18H16FN3OS. The SMILES string of the molecule is O=C(NCCSCc1ccccc1F)c1cnc2ccccc2n1. The van der Waals surface area contributed by atoms with Crippen LogP contribution < -0.4 is 5.32 Å². The Kier molecular flexibility index (Phi) is 5.38. The van der Waals surface area contributed by atoms with Crippen LogP contribution in [0.3, 0.4) is 0 Å². The van der Waals surface area contributed by atoms with Crippen LogP contribution in [-0.4, -0.2) is 28.2 Å². The molecule has 0 spiro atoms. The van der Waals surface area contributed by atoms with Gasteiger partial charge in [0.15, 0.2) is 0 Å². The second-order valence-corrected chi connectivity index (χ2v) is 6.25. The maximum atomic E-state index is 13.5. The number of halogens is 1. The van der Waals surface area contributed by atoms with Crippen molar-refractivity contribution in [3.63, 3.8) is 0 Å². The predicted octanol–water partition coefficient (Wildman–Crippen LogP) is 3.43. The van der Waals surface area contributed by atoms with E-state index in [4.69, 9.17) is 0 Å². The first-order valence-corrected chi connectivity index (χ1v) is 8.70. The number of thioether (sulfide) groups is 1. The van der Waals surface area contributed by atoms with Crippen molar-refractivity contribution in [2.24, 2.45) is 0 Å². The van der Waals surface area contributed by atoms with Crippen LogP contribution in [0, 0.1) is 5.82 Å². The predicted molar refractivity (Wildman–Crippen MR) is 94.4 cm³/mol. The summed E-state index contributed by atoms with van der Waals surface area (Å²) in [4.78, 5) is 20.6. The number of aromatic nitrogens is 2. The molecule has 0 radical (unpaired) electrons. The molecule has 0 fully saturated rings. The van der Waals surface area contributed by atoms with Crippen LogP contribution in [0.5, 0.6) is 0 Å². The largest absolute Gasteiger partial charge is 0.350 e. The van der Waals surface area contributed by atoms with E-state index in [1.165, 1.54) is 12.3 Å². The van der Waals surface area contributed by atoms with Crippen LogP contribution in [0.15, 0.2) is 54.7 Å². The number of para-hydroxylation sites is 2. The summed E-state index contributed by atoms with van der Waals surface area (Å²) in [5, 5.41) is 2.81. The van der Waals surface area contributed by atoms with Crippen LogP contribution in [0.2, 0.25) is 0 Å². The van der Waals surface area contributed by atoms with Gasteiger partial charge >= 0.3 is 0 Å². The summed E-state index contributed by atoms with van der Waals surface area (Å²) >= 11 is 1.57. The Hall–Kier alpha value is -2.47. The summed E-state index contributed by atoms with van der Waals surface area (Å²) in [6.07, 6.45) is 1.48. The molecule has 0 saturated heterocycles. The number of amides is 1. The van der Waals surface area contributed by atoms with Gasteiger partial charge in [0.2, 0.25) is 0 Å². The first kappa shape index (κ1) is 16.4. The molecule has 1 amide bonds. The van der Waals surface area contributed by atoms with Gasteiger partial charge in [-0.3, -0.25) is 9.78 Å². The molecule has 3 rings (SSSR count). The monoisotopic (exact) mass is 341 g/mol. The minimum absolute atomic E-state index is 0.194. The summed E-state index contributed by atoms with van der Waals surface area (Å²) in [7, 11) is 0. The molecule has 122 valence electrons. The highest BCUT2D eigenvalue weighted by molar-refractivity contribution is 7.98. The zero-order chi connectivity index (χ0) is 16.8. The van der Waals surface area contributed by atoms with E-state index in [0.29, 0.717) is 34.8 Å². The van der Waals surface area contributed by atoms with Crippen LogP contribution >= 0.6 is 11.8 Å². The molecule has 24 heavy (non-hydrogen) atoms. The van der Waals surface area contributed by atoms with E-state index in [0.717, 1.165) is 5.52 Å². The number of nitrogens with one attached hydrogen (secondary N) is 1. The van der Waals surface area contributed by atoms with Gasteiger partial charge in [0.1, 0.15) is 11.5 Å². The number of hydrogen-bond acceptors (Lipinski definition) is 4. The molecule has 0 atom stereocenters. The number of carbonyl (C=O) groups is 1. The lowest BCUT2D eigenvalue weighted by atomic mass is 10.2. The summed E-state index contributed by atoms with van der Waals surface area (Å²) in [5.41, 5.74) is 2.43. The third-order valence-electron chi connectivity index (χ3n) is 3.43. The number of rotatable bonds is 6. The van der Waals surface area contributed by atoms with Gasteiger partial charge in [0.05, 0.1) is 17.2 Å². The molecular weight excluding hydrogens is 325 g/mol. The smallest absolute Gasteiger partial charge is 0.271 e. The Morgan fingerprint density at radius 2 is 1.83 bits per heavy atom. The molecule has 6 heteroatoms. The number of hydrogen-bond donors (Lipinski definition) is 1. The number of fused-ring (bicyclic) bond motifs is 1.